The van der Waals surface area contributed by atoms with Gasteiger partial charge in [0.1, 0.15) is 6.17 Å². The van der Waals surface area contributed by atoms with Crippen LogP contribution in [0.2, 0.25) is 0 Å². The minimum Gasteiger partial charge on any atom is -0.372 e. The summed E-state index contributed by atoms with van der Waals surface area (Å²) < 4.78 is 58.4. The molecule has 0 amide bonds. The zero-order valence-electron chi connectivity index (χ0n) is 22.0. The summed E-state index contributed by atoms with van der Waals surface area (Å²) in [7, 11) is -7.99. The van der Waals surface area contributed by atoms with Crippen LogP contribution in [0.1, 0.15) is 43.6 Å². The Morgan fingerprint density at radius 1 is 0.730 bits per heavy atom. The standard InChI is InChI=1S/C28H35N3O4S2/c1-6-29(7-2)25-14-12-24(13-15-25)28-30(36(32,33)26-16-8-21(3)9-17-26)20-23(5)31(28)37(34,35)27-18-10-22(4)11-19-27/h8-19,23,28H,6-7,20H2,1-5H3. The highest BCUT2D eigenvalue weighted by Crippen LogP contribution is 2.42. The van der Waals surface area contributed by atoms with E-state index in [-0.39, 0.29) is 16.3 Å². The van der Waals surface area contributed by atoms with Gasteiger partial charge in [0.25, 0.3) is 0 Å². The Balaban J connectivity index is 1.85. The SMILES string of the molecule is CCN(CC)c1ccc(C2N(S(=O)(=O)c3ccc(C)cc3)CC(C)N2S(=O)(=O)c2ccc(C)cc2)cc1. The van der Waals surface area contributed by atoms with Crippen molar-refractivity contribution in [1.82, 2.24) is 8.61 Å². The molecule has 0 spiro atoms. The molecule has 37 heavy (non-hydrogen) atoms. The van der Waals surface area contributed by atoms with Crippen LogP contribution in [0.4, 0.5) is 5.69 Å². The number of sulfonamides is 2. The van der Waals surface area contributed by atoms with Crippen LogP contribution in [0.5, 0.6) is 0 Å². The number of benzene rings is 3. The van der Waals surface area contributed by atoms with E-state index in [9.17, 15) is 16.8 Å². The fraction of sp³-hybridized carbons (Fsp3) is 0.357. The summed E-state index contributed by atoms with van der Waals surface area (Å²) in [5.41, 5.74) is 3.49. The zero-order chi connectivity index (χ0) is 27.0. The van der Waals surface area contributed by atoms with E-state index >= 15 is 0 Å². The average molecular weight is 542 g/mol. The fourth-order valence-electron chi connectivity index (χ4n) is 4.84. The van der Waals surface area contributed by atoms with Crippen molar-refractivity contribution in [1.29, 1.82) is 0 Å². The quantitative estimate of drug-likeness (QED) is 0.404. The van der Waals surface area contributed by atoms with Crippen LogP contribution in [0.3, 0.4) is 0 Å². The van der Waals surface area contributed by atoms with Crippen LogP contribution in [0, 0.1) is 13.8 Å². The number of aryl methyl sites for hydroxylation is 2. The summed E-state index contributed by atoms with van der Waals surface area (Å²) in [6.07, 6.45) is -1.02. The third kappa shape index (κ3) is 5.18. The smallest absolute Gasteiger partial charge is 0.245 e. The molecule has 9 heteroatoms. The van der Waals surface area contributed by atoms with Gasteiger partial charge in [0.05, 0.1) is 9.79 Å². The molecular weight excluding hydrogens is 506 g/mol. The molecule has 2 atom stereocenters. The monoisotopic (exact) mass is 541 g/mol. The number of anilines is 1. The van der Waals surface area contributed by atoms with Crippen molar-refractivity contribution in [3.63, 3.8) is 0 Å². The predicted octanol–water partition coefficient (Wildman–Crippen LogP) is 4.93. The van der Waals surface area contributed by atoms with Gasteiger partial charge in [0.2, 0.25) is 20.0 Å². The second-order valence-electron chi connectivity index (χ2n) is 9.52. The lowest BCUT2D eigenvalue weighted by Crippen LogP contribution is -2.39. The highest BCUT2D eigenvalue weighted by Gasteiger charge is 2.50. The van der Waals surface area contributed by atoms with Crippen molar-refractivity contribution in [2.75, 3.05) is 24.5 Å². The first-order valence-corrected chi connectivity index (χ1v) is 15.4. The Labute approximate surface area is 221 Å². The molecule has 0 N–H and O–H groups in total. The molecular formula is C28H35N3O4S2. The summed E-state index contributed by atoms with van der Waals surface area (Å²) in [6.45, 7) is 11.4. The zero-order valence-corrected chi connectivity index (χ0v) is 23.6. The highest BCUT2D eigenvalue weighted by atomic mass is 32.2. The Kier molecular flexibility index (Phi) is 7.80. The van der Waals surface area contributed by atoms with Crippen LogP contribution in [0.25, 0.3) is 0 Å². The van der Waals surface area contributed by atoms with E-state index in [1.807, 2.05) is 38.1 Å². The molecule has 2 unspecified atom stereocenters. The van der Waals surface area contributed by atoms with Crippen LogP contribution >= 0.6 is 0 Å². The molecule has 1 aliphatic heterocycles. The summed E-state index contributed by atoms with van der Waals surface area (Å²) >= 11 is 0. The van der Waals surface area contributed by atoms with Gasteiger partial charge in [-0.3, -0.25) is 0 Å². The lowest BCUT2D eigenvalue weighted by Gasteiger charge is -2.31. The lowest BCUT2D eigenvalue weighted by molar-refractivity contribution is 0.276. The van der Waals surface area contributed by atoms with E-state index < -0.39 is 32.3 Å². The maximum atomic E-state index is 14.0. The van der Waals surface area contributed by atoms with Crippen LogP contribution in [-0.2, 0) is 20.0 Å². The van der Waals surface area contributed by atoms with E-state index in [0.717, 1.165) is 29.9 Å². The van der Waals surface area contributed by atoms with Crippen molar-refractivity contribution in [2.45, 2.75) is 56.6 Å². The van der Waals surface area contributed by atoms with Gasteiger partial charge < -0.3 is 4.90 Å². The van der Waals surface area contributed by atoms with Gasteiger partial charge >= 0.3 is 0 Å². The summed E-state index contributed by atoms with van der Waals surface area (Å²) in [4.78, 5) is 2.47. The van der Waals surface area contributed by atoms with Crippen molar-refractivity contribution in [3.8, 4) is 0 Å². The summed E-state index contributed by atoms with van der Waals surface area (Å²) in [6, 6.07) is 20.3. The molecule has 3 aromatic rings. The van der Waals surface area contributed by atoms with Gasteiger partial charge in [-0.15, -0.1) is 0 Å². The van der Waals surface area contributed by atoms with E-state index in [0.29, 0.717) is 5.56 Å². The number of hydrogen-bond acceptors (Lipinski definition) is 5. The molecule has 0 aromatic heterocycles. The van der Waals surface area contributed by atoms with Gasteiger partial charge in [0.15, 0.2) is 0 Å². The van der Waals surface area contributed by atoms with Crippen molar-refractivity contribution < 1.29 is 16.8 Å². The van der Waals surface area contributed by atoms with Gasteiger partial charge in [-0.2, -0.15) is 8.61 Å². The molecule has 1 heterocycles. The Morgan fingerprint density at radius 2 is 1.19 bits per heavy atom. The average Bonchev–Trinajstić information content (AvgIpc) is 3.24. The van der Waals surface area contributed by atoms with Crippen LogP contribution in [-0.4, -0.2) is 51.1 Å². The first-order chi connectivity index (χ1) is 17.5. The van der Waals surface area contributed by atoms with Crippen molar-refractivity contribution >= 4 is 25.7 Å². The molecule has 198 valence electrons. The maximum Gasteiger partial charge on any atom is 0.245 e. The highest BCUT2D eigenvalue weighted by molar-refractivity contribution is 7.90. The van der Waals surface area contributed by atoms with Gasteiger partial charge in [0, 0.05) is 31.4 Å². The number of rotatable bonds is 8. The molecule has 4 rings (SSSR count). The van der Waals surface area contributed by atoms with Gasteiger partial charge in [-0.1, -0.05) is 47.5 Å². The Hall–Kier alpha value is -2.72. The third-order valence-corrected chi connectivity index (χ3v) is 10.8. The molecule has 0 bridgehead atoms. The van der Waals surface area contributed by atoms with E-state index in [2.05, 4.69) is 18.7 Å². The minimum atomic E-state index is -4.00. The molecule has 0 radical (unpaired) electrons. The molecule has 1 saturated heterocycles. The van der Waals surface area contributed by atoms with Crippen molar-refractivity contribution in [3.05, 3.63) is 89.5 Å². The predicted molar refractivity (Wildman–Crippen MR) is 147 cm³/mol. The molecule has 0 aliphatic carbocycles. The minimum absolute atomic E-state index is 0.0454. The van der Waals surface area contributed by atoms with E-state index in [1.165, 1.54) is 8.61 Å². The topological polar surface area (TPSA) is 78.0 Å². The number of hydrogen-bond donors (Lipinski definition) is 0. The molecule has 7 nitrogen and oxygen atoms in total. The number of nitrogens with zero attached hydrogens (tertiary/aromatic N) is 3. The molecule has 0 saturated carbocycles. The maximum absolute atomic E-state index is 14.0. The fourth-order valence-corrected chi connectivity index (χ4v) is 8.31. The Bertz CT molecular complexity index is 1430. The normalized spacial score (nSPS) is 19.3. The second-order valence-corrected chi connectivity index (χ2v) is 13.3. The molecule has 1 fully saturated rings. The van der Waals surface area contributed by atoms with E-state index in [4.69, 9.17) is 0 Å². The first-order valence-electron chi connectivity index (χ1n) is 12.5. The second kappa shape index (κ2) is 10.6. The van der Waals surface area contributed by atoms with Gasteiger partial charge in [-0.25, -0.2) is 16.8 Å². The third-order valence-electron chi connectivity index (χ3n) is 6.94. The largest absolute Gasteiger partial charge is 0.372 e. The van der Waals surface area contributed by atoms with E-state index in [1.54, 1.807) is 55.5 Å². The van der Waals surface area contributed by atoms with Crippen LogP contribution < -0.4 is 4.90 Å². The first kappa shape index (κ1) is 27.3. The van der Waals surface area contributed by atoms with Crippen molar-refractivity contribution in [2.24, 2.45) is 0 Å². The summed E-state index contributed by atoms with van der Waals surface area (Å²) in [5, 5.41) is 0. The molecule has 3 aromatic carbocycles. The molecule has 1 aliphatic rings. The van der Waals surface area contributed by atoms with Gasteiger partial charge in [-0.05, 0) is 76.6 Å². The summed E-state index contributed by atoms with van der Waals surface area (Å²) in [5.74, 6) is 0. The Morgan fingerprint density at radius 3 is 1.65 bits per heavy atom. The lowest BCUT2D eigenvalue weighted by atomic mass is 10.1. The van der Waals surface area contributed by atoms with Crippen LogP contribution in [0.15, 0.2) is 82.6 Å².